The lowest BCUT2D eigenvalue weighted by molar-refractivity contribution is -0.142. The van der Waals surface area contributed by atoms with E-state index in [1.807, 2.05) is 48.5 Å². The number of nitrogens with zero attached hydrogens (tertiary/aromatic N) is 2. The van der Waals surface area contributed by atoms with Crippen molar-refractivity contribution in [1.29, 1.82) is 0 Å². The lowest BCUT2D eigenvalue weighted by atomic mass is 9.99. The van der Waals surface area contributed by atoms with E-state index in [2.05, 4.69) is 31.2 Å². The number of ether oxygens (including phenoxy) is 1. The van der Waals surface area contributed by atoms with Gasteiger partial charge < -0.3 is 10.1 Å². The van der Waals surface area contributed by atoms with Gasteiger partial charge in [0.1, 0.15) is 12.1 Å². The fraction of sp³-hybridized carbons (Fsp3) is 0.167. The van der Waals surface area contributed by atoms with Gasteiger partial charge in [0, 0.05) is 16.4 Å². The Morgan fingerprint density at radius 3 is 2.75 bits per heavy atom. The van der Waals surface area contributed by atoms with Crippen LogP contribution >= 0.6 is 15.9 Å². The zero-order valence-electron chi connectivity index (χ0n) is 13.1. The van der Waals surface area contributed by atoms with Gasteiger partial charge in [-0.25, -0.2) is 9.97 Å². The average Bonchev–Trinajstić information content (AvgIpc) is 2.62. The highest BCUT2D eigenvalue weighted by atomic mass is 79.9. The average molecular weight is 386 g/mol. The minimum atomic E-state index is -0.409. The Hall–Kier alpha value is -2.47. The largest absolute Gasteiger partial charge is 0.468 e. The molecule has 0 radical (unpaired) electrons. The van der Waals surface area contributed by atoms with E-state index in [4.69, 9.17) is 4.74 Å². The molecule has 0 bridgehead atoms. The van der Waals surface area contributed by atoms with Crippen molar-refractivity contribution in [3.63, 3.8) is 0 Å². The van der Waals surface area contributed by atoms with Crippen LogP contribution in [-0.4, -0.2) is 29.6 Å². The van der Waals surface area contributed by atoms with E-state index in [9.17, 15) is 4.79 Å². The zero-order valence-corrected chi connectivity index (χ0v) is 14.7. The Balaban J connectivity index is 1.88. The van der Waals surface area contributed by atoms with Crippen molar-refractivity contribution < 1.29 is 9.53 Å². The molecule has 0 amide bonds. The summed E-state index contributed by atoms with van der Waals surface area (Å²) in [5, 5.41) is 4.15. The first-order chi connectivity index (χ1) is 11.7. The molecule has 0 aliphatic heterocycles. The number of nitrogens with one attached hydrogen (secondary N) is 1. The number of halogens is 1. The molecule has 0 saturated carbocycles. The molecule has 1 atom stereocenters. The number of carbonyl (C=O) groups is 1. The van der Waals surface area contributed by atoms with E-state index >= 15 is 0 Å². The molecule has 6 heteroatoms. The fourth-order valence-corrected chi connectivity index (χ4v) is 2.89. The molecule has 1 N–H and O–H groups in total. The predicted molar refractivity (Wildman–Crippen MR) is 96.9 cm³/mol. The third-order valence-corrected chi connectivity index (χ3v) is 4.25. The van der Waals surface area contributed by atoms with Crippen LogP contribution in [0.15, 0.2) is 59.3 Å². The molecule has 1 heterocycles. The van der Waals surface area contributed by atoms with Crippen LogP contribution in [-0.2, 0) is 9.53 Å². The smallest absolute Gasteiger partial charge is 0.314 e. The number of carbonyl (C=O) groups excluding carboxylic acids is 1. The second-order valence-electron chi connectivity index (χ2n) is 5.25. The topological polar surface area (TPSA) is 64.1 Å². The minimum Gasteiger partial charge on any atom is -0.468 e. The Kier molecular flexibility index (Phi) is 5.05. The van der Waals surface area contributed by atoms with Gasteiger partial charge in [0.25, 0.3) is 0 Å². The molecule has 0 spiro atoms. The van der Waals surface area contributed by atoms with E-state index in [0.29, 0.717) is 12.4 Å². The third-order valence-electron chi connectivity index (χ3n) is 3.76. The summed E-state index contributed by atoms with van der Waals surface area (Å²) in [4.78, 5) is 20.7. The monoisotopic (exact) mass is 385 g/mol. The fourth-order valence-electron chi connectivity index (χ4n) is 2.53. The molecule has 1 aromatic heterocycles. The zero-order chi connectivity index (χ0) is 16.9. The summed E-state index contributed by atoms with van der Waals surface area (Å²) >= 11 is 3.46. The molecule has 5 nitrogen and oxygen atoms in total. The molecule has 0 aliphatic carbocycles. The number of anilines is 1. The summed E-state index contributed by atoms with van der Waals surface area (Å²) in [6.45, 7) is 0.384. The van der Waals surface area contributed by atoms with Crippen LogP contribution in [0.5, 0.6) is 0 Å². The first-order valence-electron chi connectivity index (χ1n) is 7.46. The molecule has 0 saturated heterocycles. The maximum absolute atomic E-state index is 12.1. The van der Waals surface area contributed by atoms with Crippen molar-refractivity contribution in [3.05, 3.63) is 64.9 Å². The summed E-state index contributed by atoms with van der Waals surface area (Å²) < 4.78 is 5.89. The molecule has 24 heavy (non-hydrogen) atoms. The third kappa shape index (κ3) is 3.54. The highest BCUT2D eigenvalue weighted by Gasteiger charge is 2.21. The second kappa shape index (κ2) is 7.40. The van der Waals surface area contributed by atoms with E-state index in [1.165, 1.54) is 13.4 Å². The summed E-state index contributed by atoms with van der Waals surface area (Å²) in [6.07, 6.45) is 1.51. The van der Waals surface area contributed by atoms with Crippen molar-refractivity contribution in [2.24, 2.45) is 0 Å². The lowest BCUT2D eigenvalue weighted by Crippen LogP contribution is -2.23. The molecule has 3 aromatic rings. The summed E-state index contributed by atoms with van der Waals surface area (Å²) in [5.41, 5.74) is 1.74. The highest BCUT2D eigenvalue weighted by Crippen LogP contribution is 2.25. The number of aromatic nitrogens is 2. The van der Waals surface area contributed by atoms with E-state index in [-0.39, 0.29) is 5.97 Å². The van der Waals surface area contributed by atoms with Crippen LogP contribution in [0.1, 0.15) is 11.5 Å². The normalized spacial score (nSPS) is 11.9. The summed E-state index contributed by atoms with van der Waals surface area (Å²) in [7, 11) is 1.40. The lowest BCUT2D eigenvalue weighted by Gasteiger charge is -2.17. The molecule has 3 rings (SSSR count). The maximum atomic E-state index is 12.1. The van der Waals surface area contributed by atoms with Gasteiger partial charge in [0.2, 0.25) is 0 Å². The molecule has 0 fully saturated rings. The summed E-state index contributed by atoms with van der Waals surface area (Å²) in [5.74, 6) is -0.00672. The number of hydrogen-bond donors (Lipinski definition) is 1. The van der Waals surface area contributed by atoms with Gasteiger partial charge in [-0.05, 0) is 23.8 Å². The molecular weight excluding hydrogens is 370 g/mol. The highest BCUT2D eigenvalue weighted by molar-refractivity contribution is 9.10. The predicted octanol–water partition coefficient (Wildman–Crippen LogP) is 3.76. The van der Waals surface area contributed by atoms with E-state index in [1.54, 1.807) is 0 Å². The van der Waals surface area contributed by atoms with Gasteiger partial charge in [-0.3, -0.25) is 4.79 Å². The first kappa shape index (κ1) is 16.4. The van der Waals surface area contributed by atoms with Gasteiger partial charge >= 0.3 is 5.97 Å². The molecule has 1 unspecified atom stereocenters. The van der Waals surface area contributed by atoms with Gasteiger partial charge in [0.05, 0.1) is 18.5 Å². The van der Waals surface area contributed by atoms with Crippen molar-refractivity contribution >= 4 is 38.6 Å². The number of benzene rings is 2. The Bertz CT molecular complexity index is 855. The molecule has 0 aliphatic rings. The van der Waals surface area contributed by atoms with E-state index in [0.717, 1.165) is 20.9 Å². The number of hydrogen-bond acceptors (Lipinski definition) is 5. The van der Waals surface area contributed by atoms with Gasteiger partial charge in [-0.1, -0.05) is 46.3 Å². The van der Waals surface area contributed by atoms with Crippen LogP contribution in [0.2, 0.25) is 0 Å². The van der Waals surface area contributed by atoms with Gasteiger partial charge in [-0.15, -0.1) is 0 Å². The second-order valence-corrected chi connectivity index (χ2v) is 6.17. The summed E-state index contributed by atoms with van der Waals surface area (Å²) in [6, 6.07) is 15.4. The Labute approximate surface area is 148 Å². The standard InChI is InChI=1S/C18H16BrN3O2/c1-24-18(23)15(12-5-3-2-4-6-12)10-20-17-14-9-13(19)7-8-16(14)21-11-22-17/h2-9,11,15H,10H2,1H3,(H,20,21,22). The minimum absolute atomic E-state index is 0.284. The van der Waals surface area contributed by atoms with Crippen LogP contribution in [0.3, 0.4) is 0 Å². The first-order valence-corrected chi connectivity index (χ1v) is 8.25. The number of esters is 1. The number of fused-ring (bicyclic) bond motifs is 1. The van der Waals surface area contributed by atoms with Crippen molar-refractivity contribution in [2.75, 3.05) is 19.0 Å². The van der Waals surface area contributed by atoms with Crippen LogP contribution < -0.4 is 5.32 Å². The quantitative estimate of drug-likeness (QED) is 0.677. The maximum Gasteiger partial charge on any atom is 0.314 e. The molecular formula is C18H16BrN3O2. The van der Waals surface area contributed by atoms with Crippen LogP contribution in [0, 0.1) is 0 Å². The van der Waals surface area contributed by atoms with Gasteiger partial charge in [0.15, 0.2) is 0 Å². The van der Waals surface area contributed by atoms with E-state index < -0.39 is 5.92 Å². The Morgan fingerprint density at radius 1 is 1.21 bits per heavy atom. The SMILES string of the molecule is COC(=O)C(CNc1ncnc2ccc(Br)cc12)c1ccccc1. The van der Waals surface area contributed by atoms with Gasteiger partial charge in [-0.2, -0.15) is 0 Å². The molecule has 2 aromatic carbocycles. The van der Waals surface area contributed by atoms with Crippen LogP contribution in [0.4, 0.5) is 5.82 Å². The number of methoxy groups -OCH3 is 1. The van der Waals surface area contributed by atoms with Crippen molar-refractivity contribution in [1.82, 2.24) is 9.97 Å². The Morgan fingerprint density at radius 2 is 2.00 bits per heavy atom. The van der Waals surface area contributed by atoms with Crippen molar-refractivity contribution in [3.8, 4) is 0 Å². The molecule has 122 valence electrons. The van der Waals surface area contributed by atoms with Crippen LogP contribution in [0.25, 0.3) is 10.9 Å². The van der Waals surface area contributed by atoms with Crippen molar-refractivity contribution in [2.45, 2.75) is 5.92 Å². The number of rotatable bonds is 5.